The fraction of sp³-hybridized carbons (Fsp3) is 0.650. The molecule has 0 aromatic heterocycles. The summed E-state index contributed by atoms with van der Waals surface area (Å²) < 4.78 is 5.60. The molecule has 0 heterocycles. The van der Waals surface area contributed by atoms with Crippen LogP contribution in [0.25, 0.3) is 0 Å². The maximum atomic E-state index is 12.4. The summed E-state index contributed by atoms with van der Waals surface area (Å²) in [4.78, 5) is 12.4. The van der Waals surface area contributed by atoms with E-state index < -0.39 is 0 Å². The minimum Gasteiger partial charge on any atom is -0.504 e. The van der Waals surface area contributed by atoms with E-state index in [1.807, 2.05) is 13.0 Å². The molecular formula is C20H26O3. The molecule has 4 rings (SSSR count). The molecule has 124 valence electrons. The average Bonchev–Trinajstić information content (AvgIpc) is 2.84. The van der Waals surface area contributed by atoms with Gasteiger partial charge in [0.25, 0.3) is 0 Å². The van der Waals surface area contributed by atoms with Gasteiger partial charge in [0, 0.05) is 11.8 Å². The van der Waals surface area contributed by atoms with Gasteiger partial charge in [-0.1, -0.05) is 6.92 Å². The molecule has 0 amide bonds. The Hall–Kier alpha value is -1.51. The monoisotopic (exact) mass is 314 g/mol. The number of ether oxygens (including phenoxy) is 1. The third kappa shape index (κ3) is 2.12. The molecule has 3 aliphatic rings. The number of aromatic hydroxyl groups is 1. The number of phenols is 1. The number of carbonyl (C=O) groups is 1. The lowest BCUT2D eigenvalue weighted by Crippen LogP contribution is -2.42. The van der Waals surface area contributed by atoms with Crippen LogP contribution >= 0.6 is 0 Å². The van der Waals surface area contributed by atoms with E-state index in [0.29, 0.717) is 35.9 Å². The van der Waals surface area contributed by atoms with Crippen molar-refractivity contribution < 1.29 is 14.6 Å². The third-order valence-corrected chi connectivity index (χ3v) is 6.81. The number of aryl methyl sites for hydroxylation is 1. The molecular weight excluding hydrogens is 288 g/mol. The Morgan fingerprint density at radius 2 is 2.09 bits per heavy atom. The number of hydrogen-bond donors (Lipinski definition) is 1. The Kier molecular flexibility index (Phi) is 3.44. The van der Waals surface area contributed by atoms with Crippen LogP contribution in [-0.4, -0.2) is 17.5 Å². The smallest absolute Gasteiger partial charge is 0.161 e. The van der Waals surface area contributed by atoms with Crippen molar-refractivity contribution >= 4 is 5.78 Å². The number of hydrogen-bond acceptors (Lipinski definition) is 3. The van der Waals surface area contributed by atoms with Crippen LogP contribution in [0.1, 0.15) is 63.0 Å². The first-order valence-electron chi connectivity index (χ1n) is 9.06. The standard InChI is InChI=1S/C20H26O3/c1-3-23-18-11-15-12(10-17(18)21)4-5-14-13(15)8-9-20(2)16(14)6-7-19(20)22/h10-11,13-14,16,21H,3-9H2,1-2H3/t13?,14?,16?,20-/m0/s1. The second kappa shape index (κ2) is 5.25. The molecule has 0 radical (unpaired) electrons. The predicted octanol–water partition coefficient (Wildman–Crippen LogP) is 4.22. The highest BCUT2D eigenvalue weighted by Gasteiger charge is 2.54. The van der Waals surface area contributed by atoms with Crippen molar-refractivity contribution in [1.82, 2.24) is 0 Å². The molecule has 3 nitrogen and oxygen atoms in total. The number of carbonyl (C=O) groups excluding carboxylic acids is 1. The van der Waals surface area contributed by atoms with E-state index in [4.69, 9.17) is 4.74 Å². The number of benzene rings is 1. The minimum absolute atomic E-state index is 0.0711. The zero-order chi connectivity index (χ0) is 16.2. The predicted molar refractivity (Wildman–Crippen MR) is 88.9 cm³/mol. The normalized spacial score (nSPS) is 35.4. The van der Waals surface area contributed by atoms with Crippen LogP contribution in [0.2, 0.25) is 0 Å². The second-order valence-corrected chi connectivity index (χ2v) is 7.79. The fourth-order valence-corrected chi connectivity index (χ4v) is 5.63. The quantitative estimate of drug-likeness (QED) is 0.889. The topological polar surface area (TPSA) is 46.5 Å². The van der Waals surface area contributed by atoms with Crippen LogP contribution in [0.15, 0.2) is 12.1 Å². The molecule has 1 N–H and O–H groups in total. The summed E-state index contributed by atoms with van der Waals surface area (Å²) in [5.41, 5.74) is 2.57. The van der Waals surface area contributed by atoms with E-state index in [9.17, 15) is 9.90 Å². The molecule has 3 aliphatic carbocycles. The maximum Gasteiger partial charge on any atom is 0.161 e. The zero-order valence-corrected chi connectivity index (χ0v) is 14.1. The van der Waals surface area contributed by atoms with Crippen LogP contribution in [0.3, 0.4) is 0 Å². The van der Waals surface area contributed by atoms with Crippen LogP contribution in [-0.2, 0) is 11.2 Å². The van der Waals surface area contributed by atoms with E-state index in [-0.39, 0.29) is 11.2 Å². The van der Waals surface area contributed by atoms with Crippen LogP contribution in [0, 0.1) is 17.3 Å². The third-order valence-electron chi connectivity index (χ3n) is 6.81. The molecule has 0 saturated heterocycles. The van der Waals surface area contributed by atoms with E-state index in [1.54, 1.807) is 0 Å². The van der Waals surface area contributed by atoms with Crippen molar-refractivity contribution in [3.05, 3.63) is 23.3 Å². The van der Waals surface area contributed by atoms with Gasteiger partial charge in [0.15, 0.2) is 11.5 Å². The Balaban J connectivity index is 1.71. The molecule has 0 bridgehead atoms. The van der Waals surface area contributed by atoms with Gasteiger partial charge in [-0.15, -0.1) is 0 Å². The van der Waals surface area contributed by atoms with Crippen molar-refractivity contribution in [2.24, 2.45) is 17.3 Å². The number of fused-ring (bicyclic) bond motifs is 5. The van der Waals surface area contributed by atoms with E-state index >= 15 is 0 Å². The summed E-state index contributed by atoms with van der Waals surface area (Å²) in [6.07, 6.45) is 6.11. The molecule has 4 atom stereocenters. The van der Waals surface area contributed by atoms with Crippen molar-refractivity contribution in [2.45, 2.75) is 58.3 Å². The molecule has 1 aromatic carbocycles. The van der Waals surface area contributed by atoms with Gasteiger partial charge in [-0.25, -0.2) is 0 Å². The Labute approximate surface area is 138 Å². The lowest BCUT2D eigenvalue weighted by molar-refractivity contribution is -0.129. The van der Waals surface area contributed by atoms with Gasteiger partial charge in [0.2, 0.25) is 0 Å². The molecule has 0 aliphatic heterocycles. The van der Waals surface area contributed by atoms with Gasteiger partial charge >= 0.3 is 0 Å². The van der Waals surface area contributed by atoms with Crippen LogP contribution < -0.4 is 4.74 Å². The Bertz CT molecular complexity index is 651. The second-order valence-electron chi connectivity index (χ2n) is 7.79. The summed E-state index contributed by atoms with van der Waals surface area (Å²) in [6, 6.07) is 3.98. The summed E-state index contributed by atoms with van der Waals surface area (Å²) in [5.74, 6) is 3.07. The van der Waals surface area contributed by atoms with E-state index in [2.05, 4.69) is 13.0 Å². The lowest BCUT2D eigenvalue weighted by Gasteiger charge is -2.48. The summed E-state index contributed by atoms with van der Waals surface area (Å²) >= 11 is 0. The first-order chi connectivity index (χ1) is 11.0. The lowest BCUT2D eigenvalue weighted by atomic mass is 9.55. The largest absolute Gasteiger partial charge is 0.504 e. The first kappa shape index (κ1) is 15.0. The molecule has 23 heavy (non-hydrogen) atoms. The van der Waals surface area contributed by atoms with E-state index in [0.717, 1.165) is 38.5 Å². The number of rotatable bonds is 2. The summed E-state index contributed by atoms with van der Waals surface area (Å²) in [7, 11) is 0. The average molecular weight is 314 g/mol. The maximum absolute atomic E-state index is 12.4. The van der Waals surface area contributed by atoms with Gasteiger partial charge in [-0.05, 0) is 80.0 Å². The molecule has 2 saturated carbocycles. The summed E-state index contributed by atoms with van der Waals surface area (Å²) in [6.45, 7) is 4.72. The molecule has 2 fully saturated rings. The zero-order valence-electron chi connectivity index (χ0n) is 14.1. The Morgan fingerprint density at radius 3 is 2.87 bits per heavy atom. The highest BCUT2D eigenvalue weighted by Crippen LogP contribution is 2.60. The number of ketones is 1. The molecule has 0 spiro atoms. The fourth-order valence-electron chi connectivity index (χ4n) is 5.63. The molecule has 3 unspecified atom stereocenters. The van der Waals surface area contributed by atoms with Gasteiger partial charge < -0.3 is 9.84 Å². The highest BCUT2D eigenvalue weighted by molar-refractivity contribution is 5.87. The van der Waals surface area contributed by atoms with Crippen molar-refractivity contribution in [1.29, 1.82) is 0 Å². The summed E-state index contributed by atoms with van der Waals surface area (Å²) in [5, 5.41) is 10.1. The van der Waals surface area contributed by atoms with Crippen molar-refractivity contribution in [2.75, 3.05) is 6.61 Å². The molecule has 3 heteroatoms. The number of phenolic OH excluding ortho intramolecular Hbond substituents is 1. The Morgan fingerprint density at radius 1 is 1.26 bits per heavy atom. The number of Topliss-reactive ketones (excluding diaryl/α,β-unsaturated/α-hetero) is 1. The molecule has 1 aromatic rings. The first-order valence-corrected chi connectivity index (χ1v) is 9.06. The minimum atomic E-state index is -0.0711. The van der Waals surface area contributed by atoms with Gasteiger partial charge in [-0.3, -0.25) is 4.79 Å². The van der Waals surface area contributed by atoms with E-state index in [1.165, 1.54) is 11.1 Å². The van der Waals surface area contributed by atoms with Gasteiger partial charge in [-0.2, -0.15) is 0 Å². The highest BCUT2D eigenvalue weighted by atomic mass is 16.5. The van der Waals surface area contributed by atoms with Gasteiger partial charge in [0.05, 0.1) is 6.61 Å². The van der Waals surface area contributed by atoms with Crippen LogP contribution in [0.5, 0.6) is 11.5 Å². The van der Waals surface area contributed by atoms with Crippen molar-refractivity contribution in [3.63, 3.8) is 0 Å². The van der Waals surface area contributed by atoms with Gasteiger partial charge in [0.1, 0.15) is 5.78 Å². The van der Waals surface area contributed by atoms with Crippen molar-refractivity contribution in [3.8, 4) is 11.5 Å². The van der Waals surface area contributed by atoms with Crippen LogP contribution in [0.4, 0.5) is 0 Å². The SMILES string of the molecule is CCOc1cc2c(cc1O)CCC1C2CC[C@]2(C)C(=O)CCC12.